The smallest absolute Gasteiger partial charge is 0.262 e. The molecule has 3 atom stereocenters. The van der Waals surface area contributed by atoms with Crippen molar-refractivity contribution in [1.82, 2.24) is 15.1 Å². The summed E-state index contributed by atoms with van der Waals surface area (Å²) in [7, 11) is 0. The van der Waals surface area contributed by atoms with Crippen molar-refractivity contribution in [1.29, 1.82) is 0 Å². The molecule has 4 aliphatic rings. The molecule has 1 aromatic rings. The number of carbonyl (C=O) groups is 4. The summed E-state index contributed by atoms with van der Waals surface area (Å²) < 4.78 is 0. The number of rotatable bonds is 3. The molecule has 0 bridgehead atoms. The third-order valence-electron chi connectivity index (χ3n) is 6.56. The lowest BCUT2D eigenvalue weighted by atomic mass is 10.0. The van der Waals surface area contributed by atoms with Gasteiger partial charge in [0.15, 0.2) is 0 Å². The van der Waals surface area contributed by atoms with Gasteiger partial charge in [0.05, 0.1) is 11.1 Å². The van der Waals surface area contributed by atoms with Crippen molar-refractivity contribution < 1.29 is 19.2 Å². The Hall–Kier alpha value is -2.58. The van der Waals surface area contributed by atoms with Crippen LogP contribution in [0, 0.1) is 5.92 Å². The molecule has 8 heteroatoms. The number of nitrogens with one attached hydrogen (secondary N) is 1. The third kappa shape index (κ3) is 2.67. The fourth-order valence-corrected chi connectivity index (χ4v) is 4.74. The number of likely N-dealkylation sites (tertiary alicyclic amines) is 1. The molecule has 2 saturated heterocycles. The Morgan fingerprint density at radius 3 is 2.68 bits per heavy atom. The molecule has 3 heterocycles. The number of hydrogen-bond acceptors (Lipinski definition) is 6. The number of nitrogens with zero attached hydrogens (tertiary/aromatic N) is 2. The third-order valence-corrected chi connectivity index (χ3v) is 6.56. The first-order valence-corrected chi connectivity index (χ1v) is 9.71. The van der Waals surface area contributed by atoms with Crippen LogP contribution in [0.25, 0.3) is 0 Å². The Kier molecular flexibility index (Phi) is 3.73. The van der Waals surface area contributed by atoms with Gasteiger partial charge in [-0.2, -0.15) is 0 Å². The molecule has 3 aliphatic heterocycles. The van der Waals surface area contributed by atoms with Crippen LogP contribution < -0.4 is 11.1 Å². The SMILES string of the molecule is NC12CCN(Cc3ccc4c(c3)C(=O)N(C3CCC(=O)NC3=O)C4=O)CC1C2. The lowest BCUT2D eigenvalue weighted by molar-refractivity contribution is -0.136. The van der Waals surface area contributed by atoms with Gasteiger partial charge in [0.25, 0.3) is 11.8 Å². The molecule has 0 radical (unpaired) electrons. The van der Waals surface area contributed by atoms with Gasteiger partial charge in [0.1, 0.15) is 6.04 Å². The van der Waals surface area contributed by atoms with Crippen molar-refractivity contribution in [3.05, 3.63) is 34.9 Å². The predicted octanol–water partition coefficient (Wildman–Crippen LogP) is 0.0109. The molecule has 146 valence electrons. The first kappa shape index (κ1) is 17.5. The molecule has 1 aliphatic carbocycles. The summed E-state index contributed by atoms with van der Waals surface area (Å²) in [6.07, 6.45) is 2.36. The van der Waals surface area contributed by atoms with Crippen LogP contribution in [-0.4, -0.2) is 58.1 Å². The minimum absolute atomic E-state index is 0.0409. The maximum absolute atomic E-state index is 12.9. The molecule has 3 N–H and O–H groups in total. The average Bonchev–Trinajstić information content (AvgIpc) is 3.27. The van der Waals surface area contributed by atoms with E-state index in [0.29, 0.717) is 23.6 Å². The average molecular weight is 382 g/mol. The zero-order valence-electron chi connectivity index (χ0n) is 15.4. The zero-order valence-corrected chi connectivity index (χ0v) is 15.4. The molecule has 8 nitrogen and oxygen atoms in total. The topological polar surface area (TPSA) is 113 Å². The summed E-state index contributed by atoms with van der Waals surface area (Å²) in [6, 6.07) is 4.38. The molecule has 0 spiro atoms. The highest BCUT2D eigenvalue weighted by Crippen LogP contribution is 2.47. The maximum Gasteiger partial charge on any atom is 0.262 e. The highest BCUT2D eigenvalue weighted by atomic mass is 16.2. The number of carbonyl (C=O) groups excluding carboxylic acids is 4. The lowest BCUT2D eigenvalue weighted by Crippen LogP contribution is -2.54. The second-order valence-corrected chi connectivity index (χ2v) is 8.45. The summed E-state index contributed by atoms with van der Waals surface area (Å²) in [5, 5.41) is 2.21. The Labute approximate surface area is 162 Å². The zero-order chi connectivity index (χ0) is 19.6. The second-order valence-electron chi connectivity index (χ2n) is 8.45. The van der Waals surface area contributed by atoms with Gasteiger partial charge in [-0.25, -0.2) is 0 Å². The van der Waals surface area contributed by atoms with E-state index in [9.17, 15) is 19.2 Å². The molecular formula is C20H22N4O4. The van der Waals surface area contributed by atoms with Crippen LogP contribution in [0.3, 0.4) is 0 Å². The Bertz CT molecular complexity index is 929. The first-order chi connectivity index (χ1) is 13.4. The van der Waals surface area contributed by atoms with Crippen molar-refractivity contribution in [2.24, 2.45) is 11.7 Å². The quantitative estimate of drug-likeness (QED) is 0.712. The molecular weight excluding hydrogens is 360 g/mol. The van der Waals surface area contributed by atoms with Crippen LogP contribution >= 0.6 is 0 Å². The molecule has 4 amide bonds. The Balaban J connectivity index is 1.34. The van der Waals surface area contributed by atoms with Gasteiger partial charge in [-0.1, -0.05) is 6.07 Å². The fourth-order valence-electron chi connectivity index (χ4n) is 4.74. The molecule has 3 fully saturated rings. The normalized spacial score (nSPS) is 32.2. The van der Waals surface area contributed by atoms with Gasteiger partial charge in [0.2, 0.25) is 11.8 Å². The lowest BCUT2D eigenvalue weighted by Gasteiger charge is -2.29. The van der Waals surface area contributed by atoms with E-state index in [1.807, 2.05) is 6.07 Å². The summed E-state index contributed by atoms with van der Waals surface area (Å²) in [4.78, 5) is 52.5. The van der Waals surface area contributed by atoms with E-state index in [4.69, 9.17) is 5.73 Å². The standard InChI is InChI=1S/C20H22N4O4/c21-20-5-6-23(10-12(20)8-20)9-11-1-2-13-14(7-11)19(28)24(18(13)27)15-3-4-16(25)22-17(15)26/h1-2,7,12,15H,3-6,8-10,21H2,(H,22,25,26). The number of piperidine rings is 2. The van der Waals surface area contributed by atoms with Crippen LogP contribution in [-0.2, 0) is 16.1 Å². The molecule has 0 aromatic heterocycles. The summed E-state index contributed by atoms with van der Waals surface area (Å²) in [6.45, 7) is 2.60. The number of benzene rings is 1. The minimum atomic E-state index is -0.928. The van der Waals surface area contributed by atoms with Crippen molar-refractivity contribution in [3.8, 4) is 0 Å². The number of imide groups is 2. The van der Waals surface area contributed by atoms with Crippen molar-refractivity contribution >= 4 is 23.6 Å². The summed E-state index contributed by atoms with van der Waals surface area (Å²) in [5.41, 5.74) is 7.92. The number of hydrogen-bond donors (Lipinski definition) is 2. The molecule has 1 aromatic carbocycles. The monoisotopic (exact) mass is 382 g/mol. The highest BCUT2D eigenvalue weighted by molar-refractivity contribution is 6.23. The summed E-state index contributed by atoms with van der Waals surface area (Å²) in [5.74, 6) is -1.34. The van der Waals surface area contributed by atoms with Crippen LogP contribution in [0.2, 0.25) is 0 Å². The van der Waals surface area contributed by atoms with Gasteiger partial charge in [-0.3, -0.25) is 34.3 Å². The molecule has 28 heavy (non-hydrogen) atoms. The van der Waals surface area contributed by atoms with E-state index in [-0.39, 0.29) is 24.3 Å². The van der Waals surface area contributed by atoms with E-state index >= 15 is 0 Å². The summed E-state index contributed by atoms with van der Waals surface area (Å²) >= 11 is 0. The van der Waals surface area contributed by atoms with Gasteiger partial charge in [-0.15, -0.1) is 0 Å². The van der Waals surface area contributed by atoms with Gasteiger partial charge >= 0.3 is 0 Å². The maximum atomic E-state index is 12.9. The van der Waals surface area contributed by atoms with E-state index in [1.54, 1.807) is 12.1 Å². The van der Waals surface area contributed by atoms with Crippen molar-refractivity contribution in [3.63, 3.8) is 0 Å². The fraction of sp³-hybridized carbons (Fsp3) is 0.500. The molecule has 3 unspecified atom stereocenters. The number of fused-ring (bicyclic) bond motifs is 2. The van der Waals surface area contributed by atoms with Crippen molar-refractivity contribution in [2.75, 3.05) is 13.1 Å². The van der Waals surface area contributed by atoms with E-state index in [1.165, 1.54) is 0 Å². The molecule has 5 rings (SSSR count). The minimum Gasteiger partial charge on any atom is -0.325 e. The Morgan fingerprint density at radius 2 is 1.93 bits per heavy atom. The number of amides is 4. The van der Waals surface area contributed by atoms with Gasteiger partial charge in [-0.05, 0) is 42.9 Å². The highest BCUT2D eigenvalue weighted by Gasteiger charge is 2.53. The van der Waals surface area contributed by atoms with E-state index in [0.717, 1.165) is 36.4 Å². The Morgan fingerprint density at radius 1 is 1.14 bits per heavy atom. The van der Waals surface area contributed by atoms with Crippen LogP contribution in [0.5, 0.6) is 0 Å². The molecule has 1 saturated carbocycles. The van der Waals surface area contributed by atoms with Crippen LogP contribution in [0.4, 0.5) is 0 Å². The first-order valence-electron chi connectivity index (χ1n) is 9.71. The van der Waals surface area contributed by atoms with Gasteiger partial charge in [0, 0.05) is 31.6 Å². The number of nitrogens with two attached hydrogens (primary N) is 1. The predicted molar refractivity (Wildman–Crippen MR) is 98.0 cm³/mol. The van der Waals surface area contributed by atoms with E-state index < -0.39 is 23.8 Å². The largest absolute Gasteiger partial charge is 0.325 e. The second kappa shape index (κ2) is 5.96. The van der Waals surface area contributed by atoms with Gasteiger partial charge < -0.3 is 5.73 Å². The van der Waals surface area contributed by atoms with Crippen molar-refractivity contribution in [2.45, 2.75) is 43.8 Å². The van der Waals surface area contributed by atoms with E-state index in [2.05, 4.69) is 10.2 Å². The van der Waals surface area contributed by atoms with Crippen LogP contribution in [0.15, 0.2) is 18.2 Å². The van der Waals surface area contributed by atoms with Crippen LogP contribution in [0.1, 0.15) is 52.0 Å².